The van der Waals surface area contributed by atoms with Crippen LogP contribution in [0.15, 0.2) is 40.9 Å². The molecule has 0 spiro atoms. The molecule has 1 heterocycles. The minimum absolute atomic E-state index is 0.734. The highest BCUT2D eigenvalue weighted by Gasteiger charge is 2.17. The Balaban J connectivity index is 2.19. The monoisotopic (exact) mass is 400 g/mol. The third-order valence-electron chi connectivity index (χ3n) is 4.69. The number of unbranched alkanes of at least 4 members (excludes halogenated alkanes) is 1. The summed E-state index contributed by atoms with van der Waals surface area (Å²) in [6.07, 6.45) is 4.17. The van der Waals surface area contributed by atoms with Crippen LogP contribution in [0.1, 0.15) is 30.9 Å². The fraction of sp³-hybridized carbons (Fsp3) is 0.333. The molecule has 132 valence electrons. The average molecular weight is 401 g/mol. The molecule has 0 aliphatic heterocycles. The largest absolute Gasteiger partial charge is 0.496 e. The van der Waals surface area contributed by atoms with Gasteiger partial charge in [-0.1, -0.05) is 28.9 Å². The predicted octanol–water partition coefficient (Wildman–Crippen LogP) is 5.45. The summed E-state index contributed by atoms with van der Waals surface area (Å²) in [6, 6.07) is 12.8. The molecule has 0 radical (unpaired) electrons. The van der Waals surface area contributed by atoms with E-state index in [0.717, 1.165) is 53.7 Å². The zero-order chi connectivity index (χ0) is 17.8. The van der Waals surface area contributed by atoms with Gasteiger partial charge in [-0.25, -0.2) is 0 Å². The summed E-state index contributed by atoms with van der Waals surface area (Å²) >= 11 is 3.59. The SMILES string of the molecule is CCc1ccc2[nH]c(-c3cc(Br)ccc3OC)c(CCCCN)c2c1. The minimum atomic E-state index is 0.734. The second-order valence-electron chi connectivity index (χ2n) is 6.30. The van der Waals surface area contributed by atoms with E-state index in [1.165, 1.54) is 22.0 Å². The van der Waals surface area contributed by atoms with Crippen LogP contribution in [-0.4, -0.2) is 18.6 Å². The number of hydrogen-bond acceptors (Lipinski definition) is 2. The Morgan fingerprint density at radius 1 is 1.12 bits per heavy atom. The lowest BCUT2D eigenvalue weighted by molar-refractivity contribution is 0.416. The Morgan fingerprint density at radius 3 is 2.68 bits per heavy atom. The van der Waals surface area contributed by atoms with Gasteiger partial charge in [-0.2, -0.15) is 0 Å². The van der Waals surface area contributed by atoms with Crippen LogP contribution in [0.25, 0.3) is 22.2 Å². The molecule has 0 saturated heterocycles. The van der Waals surface area contributed by atoms with Crippen molar-refractivity contribution in [2.45, 2.75) is 32.6 Å². The molecule has 1 aromatic heterocycles. The summed E-state index contributed by atoms with van der Waals surface area (Å²) in [7, 11) is 1.72. The second kappa shape index (κ2) is 8.07. The van der Waals surface area contributed by atoms with Gasteiger partial charge in [-0.15, -0.1) is 0 Å². The second-order valence-corrected chi connectivity index (χ2v) is 7.22. The number of methoxy groups -OCH3 is 1. The van der Waals surface area contributed by atoms with Crippen molar-refractivity contribution in [3.05, 3.63) is 52.0 Å². The topological polar surface area (TPSA) is 51.0 Å². The highest BCUT2D eigenvalue weighted by atomic mass is 79.9. The van der Waals surface area contributed by atoms with E-state index in [1.807, 2.05) is 12.1 Å². The predicted molar refractivity (Wildman–Crippen MR) is 109 cm³/mol. The van der Waals surface area contributed by atoms with Crippen LogP contribution in [0, 0.1) is 0 Å². The quantitative estimate of drug-likeness (QED) is 0.518. The van der Waals surface area contributed by atoms with Crippen molar-refractivity contribution in [2.75, 3.05) is 13.7 Å². The summed E-state index contributed by atoms with van der Waals surface area (Å²) in [5, 5.41) is 1.31. The van der Waals surface area contributed by atoms with Gasteiger partial charge >= 0.3 is 0 Å². The molecule has 0 amide bonds. The lowest BCUT2D eigenvalue weighted by Gasteiger charge is -2.11. The van der Waals surface area contributed by atoms with E-state index in [9.17, 15) is 0 Å². The molecule has 0 saturated carbocycles. The average Bonchev–Trinajstić information content (AvgIpc) is 2.99. The number of nitrogens with two attached hydrogens (primary N) is 1. The van der Waals surface area contributed by atoms with Gasteiger partial charge in [0.15, 0.2) is 0 Å². The van der Waals surface area contributed by atoms with Crippen LogP contribution in [0.4, 0.5) is 0 Å². The molecular weight excluding hydrogens is 376 g/mol. The molecule has 3 nitrogen and oxygen atoms in total. The molecule has 3 N–H and O–H groups in total. The summed E-state index contributed by atoms with van der Waals surface area (Å²) in [5.74, 6) is 0.880. The Morgan fingerprint density at radius 2 is 1.96 bits per heavy atom. The first-order valence-corrected chi connectivity index (χ1v) is 9.64. The van der Waals surface area contributed by atoms with Gasteiger partial charge in [0.25, 0.3) is 0 Å². The summed E-state index contributed by atoms with van der Waals surface area (Å²) in [6.45, 7) is 2.93. The minimum Gasteiger partial charge on any atom is -0.496 e. The number of ether oxygens (including phenoxy) is 1. The number of rotatable bonds is 7. The molecule has 0 fully saturated rings. The van der Waals surface area contributed by atoms with Gasteiger partial charge in [-0.05, 0) is 73.7 Å². The fourth-order valence-electron chi connectivity index (χ4n) is 3.33. The lowest BCUT2D eigenvalue weighted by Crippen LogP contribution is -1.99. The number of hydrogen-bond donors (Lipinski definition) is 2. The number of nitrogens with one attached hydrogen (secondary N) is 1. The van der Waals surface area contributed by atoms with Gasteiger partial charge in [0.2, 0.25) is 0 Å². The number of aromatic nitrogens is 1. The van der Waals surface area contributed by atoms with E-state index in [-0.39, 0.29) is 0 Å². The van der Waals surface area contributed by atoms with Crippen LogP contribution in [0.2, 0.25) is 0 Å². The Labute approximate surface area is 157 Å². The highest BCUT2D eigenvalue weighted by molar-refractivity contribution is 9.10. The number of aryl methyl sites for hydroxylation is 2. The van der Waals surface area contributed by atoms with Crippen molar-refractivity contribution in [3.8, 4) is 17.0 Å². The Hall–Kier alpha value is -1.78. The molecule has 4 heteroatoms. The normalized spacial score (nSPS) is 11.2. The molecular formula is C21H25BrN2O. The van der Waals surface area contributed by atoms with Crippen LogP contribution >= 0.6 is 15.9 Å². The zero-order valence-electron chi connectivity index (χ0n) is 14.9. The van der Waals surface area contributed by atoms with Gasteiger partial charge in [-0.3, -0.25) is 0 Å². The summed E-state index contributed by atoms with van der Waals surface area (Å²) in [4.78, 5) is 3.63. The van der Waals surface area contributed by atoms with Crippen molar-refractivity contribution in [1.29, 1.82) is 0 Å². The maximum atomic E-state index is 5.71. The number of benzene rings is 2. The van der Waals surface area contributed by atoms with Crippen LogP contribution < -0.4 is 10.5 Å². The van der Waals surface area contributed by atoms with Gasteiger partial charge in [0.05, 0.1) is 12.8 Å². The number of halogens is 1. The maximum absolute atomic E-state index is 5.71. The molecule has 0 aliphatic carbocycles. The highest BCUT2D eigenvalue weighted by Crippen LogP contribution is 2.38. The van der Waals surface area contributed by atoms with Crippen molar-refractivity contribution in [3.63, 3.8) is 0 Å². The number of fused-ring (bicyclic) bond motifs is 1. The zero-order valence-corrected chi connectivity index (χ0v) is 16.4. The van der Waals surface area contributed by atoms with Crippen molar-refractivity contribution in [2.24, 2.45) is 5.73 Å². The fourth-order valence-corrected chi connectivity index (χ4v) is 3.69. The smallest absolute Gasteiger partial charge is 0.128 e. The number of aromatic amines is 1. The van der Waals surface area contributed by atoms with Gasteiger partial charge in [0.1, 0.15) is 5.75 Å². The molecule has 0 atom stereocenters. The van der Waals surface area contributed by atoms with E-state index in [4.69, 9.17) is 10.5 Å². The van der Waals surface area contributed by atoms with Crippen LogP contribution in [0.3, 0.4) is 0 Å². The standard InChI is InChI=1S/C21H25BrN2O/c1-3-14-7-9-19-17(12-14)16(6-4-5-11-23)21(24-19)18-13-15(22)8-10-20(18)25-2/h7-10,12-13,24H,3-6,11,23H2,1-2H3. The van der Waals surface area contributed by atoms with E-state index in [1.54, 1.807) is 7.11 Å². The van der Waals surface area contributed by atoms with E-state index in [0.29, 0.717) is 0 Å². The lowest BCUT2D eigenvalue weighted by atomic mass is 9.98. The van der Waals surface area contributed by atoms with E-state index < -0.39 is 0 Å². The first-order valence-electron chi connectivity index (χ1n) is 8.85. The van der Waals surface area contributed by atoms with Gasteiger partial charge in [0, 0.05) is 20.9 Å². The maximum Gasteiger partial charge on any atom is 0.128 e. The van der Waals surface area contributed by atoms with Crippen molar-refractivity contribution >= 4 is 26.8 Å². The third-order valence-corrected chi connectivity index (χ3v) is 5.18. The van der Waals surface area contributed by atoms with Crippen molar-refractivity contribution < 1.29 is 4.74 Å². The Kier molecular flexibility index (Phi) is 5.82. The molecule has 0 bridgehead atoms. The third kappa shape index (κ3) is 3.75. The molecule has 0 unspecified atom stereocenters. The van der Waals surface area contributed by atoms with E-state index in [2.05, 4.69) is 52.1 Å². The van der Waals surface area contributed by atoms with Gasteiger partial charge < -0.3 is 15.5 Å². The Bertz CT molecular complexity index is 870. The molecule has 25 heavy (non-hydrogen) atoms. The summed E-state index contributed by atoms with van der Waals surface area (Å²) in [5.41, 5.74) is 11.8. The first-order chi connectivity index (χ1) is 12.2. The van der Waals surface area contributed by atoms with Crippen LogP contribution in [-0.2, 0) is 12.8 Å². The molecule has 3 rings (SSSR count). The number of H-pyrrole nitrogens is 1. The summed E-state index contributed by atoms with van der Waals surface area (Å²) < 4.78 is 6.66. The molecule has 2 aromatic carbocycles. The molecule has 3 aromatic rings. The van der Waals surface area contributed by atoms with Crippen molar-refractivity contribution in [1.82, 2.24) is 4.98 Å². The first kappa shape index (κ1) is 18.0. The van der Waals surface area contributed by atoms with E-state index >= 15 is 0 Å². The van der Waals surface area contributed by atoms with Crippen LogP contribution in [0.5, 0.6) is 5.75 Å². The molecule has 0 aliphatic rings.